The predicted molar refractivity (Wildman–Crippen MR) is 46.4 cm³/mol. The van der Waals surface area contributed by atoms with Crippen molar-refractivity contribution in [2.24, 2.45) is 0 Å². The van der Waals surface area contributed by atoms with Crippen molar-refractivity contribution in [1.29, 1.82) is 0 Å². The Bertz CT molecular complexity index is 238. The third-order valence-electron chi connectivity index (χ3n) is 1.55. The van der Waals surface area contributed by atoms with E-state index >= 15 is 0 Å². The first kappa shape index (κ1) is 12.1. The first-order valence-corrected chi connectivity index (χ1v) is 3.87. The normalized spacial score (nSPS) is 9.00. The summed E-state index contributed by atoms with van der Waals surface area (Å²) < 4.78 is 0.993. The van der Waals surface area contributed by atoms with E-state index in [0.717, 1.165) is 15.6 Å². The van der Waals surface area contributed by atoms with Gasteiger partial charge in [0.15, 0.2) is 0 Å². The molecule has 0 amide bonds. The fourth-order valence-electron chi connectivity index (χ4n) is 0.810. The van der Waals surface area contributed by atoms with E-state index in [1.165, 1.54) is 0 Å². The third-order valence-corrected chi connectivity index (χ3v) is 2.77. The van der Waals surface area contributed by atoms with Crippen molar-refractivity contribution in [2.45, 2.75) is 13.8 Å². The molecule has 0 saturated carbocycles. The maximum absolute atomic E-state index is 9.19. The van der Waals surface area contributed by atoms with Crippen molar-refractivity contribution >= 4 is 15.9 Å². The number of aryl methyl sites for hydroxylation is 1. The van der Waals surface area contributed by atoms with E-state index in [2.05, 4.69) is 15.9 Å². The van der Waals surface area contributed by atoms with Crippen LogP contribution in [0, 0.1) is 13.8 Å². The molecule has 1 N–H and O–H groups in total. The molecule has 0 radical (unpaired) electrons. The van der Waals surface area contributed by atoms with Crippen LogP contribution in [0.3, 0.4) is 0 Å². The van der Waals surface area contributed by atoms with Crippen LogP contribution in [0.4, 0.5) is 0 Å². The van der Waals surface area contributed by atoms with Gasteiger partial charge in [-0.25, -0.2) is 0 Å². The van der Waals surface area contributed by atoms with Crippen molar-refractivity contribution in [3.8, 4) is 5.75 Å². The van der Waals surface area contributed by atoms with E-state index in [0.29, 0.717) is 5.75 Å². The summed E-state index contributed by atoms with van der Waals surface area (Å²) in [4.78, 5) is 0. The SMILES string of the molecule is Cc1ccc(O)c(C)c1Br.[H-].[K+]. The summed E-state index contributed by atoms with van der Waals surface area (Å²) in [5.74, 6) is 0.345. The molecule has 3 heteroatoms. The number of hydrogen-bond acceptors (Lipinski definition) is 1. The second kappa shape index (κ2) is 4.99. The number of hydrogen-bond donors (Lipinski definition) is 1. The Balaban J connectivity index is 0. The van der Waals surface area contributed by atoms with Crippen LogP contribution < -0.4 is 51.4 Å². The van der Waals surface area contributed by atoms with Crippen LogP contribution >= 0.6 is 15.9 Å². The molecule has 56 valence electrons. The molecule has 0 atom stereocenters. The molecule has 0 aliphatic heterocycles. The van der Waals surface area contributed by atoms with Crippen LogP contribution in [0.15, 0.2) is 16.6 Å². The summed E-state index contributed by atoms with van der Waals surface area (Å²) in [5.41, 5.74) is 2.05. The molecule has 0 heterocycles. The van der Waals surface area contributed by atoms with Gasteiger partial charge in [-0.2, -0.15) is 0 Å². The van der Waals surface area contributed by atoms with Gasteiger partial charge >= 0.3 is 51.4 Å². The van der Waals surface area contributed by atoms with E-state index in [1.54, 1.807) is 6.07 Å². The molecule has 1 aromatic carbocycles. The number of phenols is 1. The zero-order valence-corrected chi connectivity index (χ0v) is 11.7. The first-order chi connectivity index (χ1) is 4.63. The van der Waals surface area contributed by atoms with Crippen molar-refractivity contribution in [2.75, 3.05) is 0 Å². The van der Waals surface area contributed by atoms with E-state index in [-0.39, 0.29) is 52.8 Å². The van der Waals surface area contributed by atoms with Crippen LogP contribution in [0.1, 0.15) is 12.6 Å². The van der Waals surface area contributed by atoms with Gasteiger partial charge in [0.2, 0.25) is 0 Å². The Hall–Kier alpha value is 1.14. The second-order valence-electron chi connectivity index (χ2n) is 2.34. The Morgan fingerprint density at radius 3 is 2.36 bits per heavy atom. The smallest absolute Gasteiger partial charge is 1.00 e. The Morgan fingerprint density at radius 2 is 1.91 bits per heavy atom. The molecule has 0 aliphatic rings. The van der Waals surface area contributed by atoms with Gasteiger partial charge in [0.25, 0.3) is 0 Å². The molecule has 0 fully saturated rings. The monoisotopic (exact) mass is 240 g/mol. The number of benzene rings is 1. The Morgan fingerprint density at radius 1 is 1.36 bits per heavy atom. The summed E-state index contributed by atoms with van der Waals surface area (Å²) in [6.07, 6.45) is 0. The molecular formula is C8H10BrKO. The van der Waals surface area contributed by atoms with Gasteiger partial charge in [-0.1, -0.05) is 22.0 Å². The van der Waals surface area contributed by atoms with E-state index in [9.17, 15) is 5.11 Å². The first-order valence-electron chi connectivity index (χ1n) is 3.07. The summed E-state index contributed by atoms with van der Waals surface area (Å²) >= 11 is 3.37. The molecule has 0 saturated heterocycles. The van der Waals surface area contributed by atoms with Crippen LogP contribution in [0.2, 0.25) is 0 Å². The maximum atomic E-state index is 9.19. The van der Waals surface area contributed by atoms with Gasteiger partial charge in [0.05, 0.1) is 0 Å². The summed E-state index contributed by atoms with van der Waals surface area (Å²) in [7, 11) is 0. The minimum atomic E-state index is 0. The maximum Gasteiger partial charge on any atom is 1.00 e. The number of halogens is 1. The Kier molecular flexibility index (Phi) is 5.51. The topological polar surface area (TPSA) is 20.2 Å². The zero-order valence-electron chi connectivity index (χ0n) is 7.98. The number of phenolic OH excluding ortho intramolecular Hbond substituents is 1. The van der Waals surface area contributed by atoms with Crippen LogP contribution in [0.5, 0.6) is 5.75 Å². The predicted octanol–water partition coefficient (Wildman–Crippen LogP) is -0.112. The molecule has 1 rings (SSSR count). The van der Waals surface area contributed by atoms with Crippen molar-refractivity contribution in [1.82, 2.24) is 0 Å². The van der Waals surface area contributed by atoms with Gasteiger partial charge in [-0.15, -0.1) is 0 Å². The average Bonchev–Trinajstić information content (AvgIpc) is 1.93. The molecule has 0 aromatic heterocycles. The molecule has 1 nitrogen and oxygen atoms in total. The second-order valence-corrected chi connectivity index (χ2v) is 3.13. The van der Waals surface area contributed by atoms with E-state index < -0.39 is 0 Å². The number of rotatable bonds is 0. The molecule has 11 heavy (non-hydrogen) atoms. The molecule has 0 aliphatic carbocycles. The minimum absolute atomic E-state index is 0. The van der Waals surface area contributed by atoms with Crippen LogP contribution in [0.25, 0.3) is 0 Å². The molecule has 0 unspecified atom stereocenters. The third kappa shape index (κ3) is 2.83. The average molecular weight is 241 g/mol. The van der Waals surface area contributed by atoms with Crippen LogP contribution in [-0.2, 0) is 0 Å². The number of aromatic hydroxyl groups is 1. The molecular weight excluding hydrogens is 231 g/mol. The molecule has 0 bridgehead atoms. The molecule has 1 aromatic rings. The van der Waals surface area contributed by atoms with Gasteiger partial charge in [0.1, 0.15) is 5.75 Å². The van der Waals surface area contributed by atoms with E-state index in [1.807, 2.05) is 19.9 Å². The summed E-state index contributed by atoms with van der Waals surface area (Å²) in [5, 5.41) is 9.19. The zero-order chi connectivity index (χ0) is 7.72. The standard InChI is InChI=1S/C8H9BrO.K.H/c1-5-3-4-7(10)6(2)8(5)9;;/h3-4,10H,1-2H3;;/q;+1;-1. The van der Waals surface area contributed by atoms with Gasteiger partial charge in [-0.3, -0.25) is 0 Å². The van der Waals surface area contributed by atoms with Gasteiger partial charge in [-0.05, 0) is 25.5 Å². The fraction of sp³-hybridized carbons (Fsp3) is 0.250. The van der Waals surface area contributed by atoms with Crippen molar-refractivity contribution in [3.05, 3.63) is 27.7 Å². The van der Waals surface area contributed by atoms with Gasteiger partial charge in [0, 0.05) is 10.0 Å². The molecule has 0 spiro atoms. The Labute approximate surface area is 119 Å². The fourth-order valence-corrected chi connectivity index (χ4v) is 1.15. The summed E-state index contributed by atoms with van der Waals surface area (Å²) in [6.45, 7) is 3.88. The van der Waals surface area contributed by atoms with Crippen molar-refractivity contribution < 1.29 is 57.9 Å². The summed E-state index contributed by atoms with van der Waals surface area (Å²) in [6, 6.07) is 3.59. The van der Waals surface area contributed by atoms with Crippen molar-refractivity contribution in [3.63, 3.8) is 0 Å². The van der Waals surface area contributed by atoms with Gasteiger partial charge < -0.3 is 6.53 Å². The minimum Gasteiger partial charge on any atom is -1.00 e. The van der Waals surface area contributed by atoms with E-state index in [4.69, 9.17) is 0 Å². The quantitative estimate of drug-likeness (QED) is 0.628. The van der Waals surface area contributed by atoms with Crippen LogP contribution in [-0.4, -0.2) is 5.11 Å². The largest absolute Gasteiger partial charge is 1.00 e.